The smallest absolute Gasteiger partial charge is 0.225 e. The van der Waals surface area contributed by atoms with Gasteiger partial charge in [-0.25, -0.2) is 9.97 Å². The third-order valence-corrected chi connectivity index (χ3v) is 5.93. The molecule has 7 heteroatoms. The van der Waals surface area contributed by atoms with Crippen molar-refractivity contribution in [2.45, 2.75) is 57.2 Å². The Balaban J connectivity index is 1.41. The average Bonchev–Trinajstić information content (AvgIpc) is 2.74. The van der Waals surface area contributed by atoms with E-state index in [1.54, 1.807) is 0 Å². The highest BCUT2D eigenvalue weighted by molar-refractivity contribution is 5.77. The number of nitrogens with one attached hydrogen (secondary N) is 1. The molecule has 2 aromatic heterocycles. The topological polar surface area (TPSA) is 87.6 Å². The Hall–Kier alpha value is -2.51. The predicted molar refractivity (Wildman–Crippen MR) is 114 cm³/mol. The molecular formula is C23H30N4O3. The molecule has 0 radical (unpaired) electrons. The van der Waals surface area contributed by atoms with Crippen molar-refractivity contribution in [1.29, 1.82) is 0 Å². The Bertz CT molecular complexity index is 882. The van der Waals surface area contributed by atoms with Gasteiger partial charge in [-0.15, -0.1) is 0 Å². The molecule has 1 aliphatic carbocycles. The number of aromatic nitrogens is 2. The van der Waals surface area contributed by atoms with Crippen LogP contribution >= 0.6 is 0 Å². The molecule has 0 aromatic carbocycles. The number of nitrogens with zero attached hydrogens (tertiary/aromatic N) is 3. The Morgan fingerprint density at radius 3 is 2.67 bits per heavy atom. The molecule has 7 nitrogen and oxygen atoms in total. The van der Waals surface area contributed by atoms with Crippen LogP contribution in [0.15, 0.2) is 36.4 Å². The van der Waals surface area contributed by atoms with Crippen LogP contribution in [0, 0.1) is 6.92 Å². The minimum absolute atomic E-state index is 0.00550. The Morgan fingerprint density at radius 1 is 1.17 bits per heavy atom. The Morgan fingerprint density at radius 2 is 1.90 bits per heavy atom. The van der Waals surface area contributed by atoms with Crippen LogP contribution in [0.2, 0.25) is 0 Å². The maximum atomic E-state index is 12.9. The summed E-state index contributed by atoms with van der Waals surface area (Å²) in [4.78, 5) is 23.8. The van der Waals surface area contributed by atoms with E-state index in [2.05, 4.69) is 15.3 Å². The number of aliphatic hydroxyl groups is 1. The van der Waals surface area contributed by atoms with Gasteiger partial charge in [-0.2, -0.15) is 0 Å². The lowest BCUT2D eigenvalue weighted by molar-refractivity contribution is -0.145. The lowest BCUT2D eigenvalue weighted by Crippen LogP contribution is -2.46. The summed E-state index contributed by atoms with van der Waals surface area (Å²) in [5.41, 5.74) is 0.869. The van der Waals surface area contributed by atoms with Gasteiger partial charge in [0.2, 0.25) is 5.91 Å². The first-order valence-corrected chi connectivity index (χ1v) is 10.8. The van der Waals surface area contributed by atoms with Gasteiger partial charge >= 0.3 is 0 Å². The highest BCUT2D eigenvalue weighted by atomic mass is 16.5. The second kappa shape index (κ2) is 9.10. The number of carbonyl (C=O) groups is 1. The molecular weight excluding hydrogens is 380 g/mol. The number of ether oxygens (including phenoxy) is 1. The third kappa shape index (κ3) is 5.15. The number of anilines is 2. The van der Waals surface area contributed by atoms with Crippen molar-refractivity contribution in [3.05, 3.63) is 47.8 Å². The van der Waals surface area contributed by atoms with Crippen LogP contribution in [0.25, 0.3) is 0 Å². The summed E-state index contributed by atoms with van der Waals surface area (Å²) in [6, 6.07) is 11.5. The molecule has 30 heavy (non-hydrogen) atoms. The first kappa shape index (κ1) is 20.8. The minimum atomic E-state index is -0.841. The first-order valence-electron chi connectivity index (χ1n) is 10.8. The Kier molecular flexibility index (Phi) is 6.29. The molecule has 0 bridgehead atoms. The van der Waals surface area contributed by atoms with E-state index in [1.807, 2.05) is 48.2 Å². The quantitative estimate of drug-likeness (QED) is 0.784. The van der Waals surface area contributed by atoms with E-state index < -0.39 is 5.60 Å². The molecule has 2 aromatic rings. The number of morpholine rings is 1. The van der Waals surface area contributed by atoms with E-state index in [9.17, 15) is 9.90 Å². The number of carbonyl (C=O) groups excluding carboxylic acids is 1. The van der Waals surface area contributed by atoms with Gasteiger partial charge in [0.1, 0.15) is 17.7 Å². The lowest BCUT2D eigenvalue weighted by Gasteiger charge is -2.37. The van der Waals surface area contributed by atoms with E-state index in [4.69, 9.17) is 4.74 Å². The standard InChI is InChI=1S/C23H30N4O3/c1-17-7-5-9-20(24-17)26-21-10-6-8-18(25-21)19-16-27(13-14-30-19)22(28)15-23(29)11-3-2-4-12-23/h5-10,19,29H,2-4,11-16H2,1H3,(H,24,25,26)/t19-/m0/s1. The SMILES string of the molecule is Cc1cccc(Nc2cccc([C@@H]3CN(C(=O)CC4(O)CCCCC4)CCO3)n2)n1. The Labute approximate surface area is 177 Å². The zero-order valence-corrected chi connectivity index (χ0v) is 17.5. The van der Waals surface area contributed by atoms with Crippen molar-refractivity contribution >= 4 is 17.5 Å². The highest BCUT2D eigenvalue weighted by Crippen LogP contribution is 2.32. The van der Waals surface area contributed by atoms with Crippen LogP contribution in [0.4, 0.5) is 11.6 Å². The van der Waals surface area contributed by atoms with Crippen LogP contribution in [-0.4, -0.2) is 51.2 Å². The molecule has 1 saturated carbocycles. The van der Waals surface area contributed by atoms with Crippen molar-refractivity contribution in [3.8, 4) is 0 Å². The largest absolute Gasteiger partial charge is 0.389 e. The van der Waals surface area contributed by atoms with Crippen molar-refractivity contribution < 1.29 is 14.6 Å². The molecule has 1 atom stereocenters. The third-order valence-electron chi connectivity index (χ3n) is 5.93. The van der Waals surface area contributed by atoms with Gasteiger partial charge in [0.15, 0.2) is 0 Å². The molecule has 0 unspecified atom stereocenters. The molecule has 2 aliphatic rings. The van der Waals surface area contributed by atoms with E-state index in [-0.39, 0.29) is 18.4 Å². The fraction of sp³-hybridized carbons (Fsp3) is 0.522. The van der Waals surface area contributed by atoms with Gasteiger partial charge < -0.3 is 20.1 Å². The van der Waals surface area contributed by atoms with Gasteiger partial charge in [-0.3, -0.25) is 4.79 Å². The van der Waals surface area contributed by atoms with Crippen LogP contribution in [0.5, 0.6) is 0 Å². The van der Waals surface area contributed by atoms with Crippen LogP contribution in [0.1, 0.15) is 56.0 Å². The molecule has 1 aliphatic heterocycles. The molecule has 2 fully saturated rings. The molecule has 160 valence electrons. The fourth-order valence-corrected chi connectivity index (χ4v) is 4.28. The molecule has 1 saturated heterocycles. The first-order chi connectivity index (χ1) is 14.5. The van der Waals surface area contributed by atoms with Crippen molar-refractivity contribution in [2.75, 3.05) is 25.0 Å². The maximum Gasteiger partial charge on any atom is 0.225 e. The van der Waals surface area contributed by atoms with Gasteiger partial charge in [0.05, 0.1) is 30.9 Å². The number of hydrogen-bond acceptors (Lipinski definition) is 6. The lowest BCUT2D eigenvalue weighted by atomic mass is 9.82. The van der Waals surface area contributed by atoms with E-state index in [0.29, 0.717) is 25.5 Å². The molecule has 2 N–H and O–H groups in total. The maximum absolute atomic E-state index is 12.9. The van der Waals surface area contributed by atoms with E-state index in [0.717, 1.165) is 49.3 Å². The van der Waals surface area contributed by atoms with Gasteiger partial charge in [-0.1, -0.05) is 31.4 Å². The fourth-order valence-electron chi connectivity index (χ4n) is 4.28. The normalized spacial score (nSPS) is 21.3. The van der Waals surface area contributed by atoms with Crippen LogP contribution in [0.3, 0.4) is 0 Å². The van der Waals surface area contributed by atoms with Gasteiger partial charge in [-0.05, 0) is 44.0 Å². The van der Waals surface area contributed by atoms with Crippen molar-refractivity contribution in [2.24, 2.45) is 0 Å². The van der Waals surface area contributed by atoms with Gasteiger partial charge in [0.25, 0.3) is 0 Å². The summed E-state index contributed by atoms with van der Waals surface area (Å²) in [6.45, 7) is 3.42. The summed E-state index contributed by atoms with van der Waals surface area (Å²) in [5.74, 6) is 1.43. The van der Waals surface area contributed by atoms with Crippen molar-refractivity contribution in [1.82, 2.24) is 14.9 Å². The predicted octanol–water partition coefficient (Wildman–Crippen LogP) is 3.51. The van der Waals surface area contributed by atoms with Gasteiger partial charge in [0, 0.05) is 12.2 Å². The van der Waals surface area contributed by atoms with Crippen molar-refractivity contribution in [3.63, 3.8) is 0 Å². The molecule has 3 heterocycles. The van der Waals surface area contributed by atoms with E-state index >= 15 is 0 Å². The van der Waals surface area contributed by atoms with Crippen LogP contribution < -0.4 is 5.32 Å². The number of hydrogen-bond donors (Lipinski definition) is 2. The highest BCUT2D eigenvalue weighted by Gasteiger charge is 2.35. The second-order valence-corrected chi connectivity index (χ2v) is 8.40. The molecule has 4 rings (SSSR count). The number of rotatable bonds is 5. The number of aryl methyl sites for hydroxylation is 1. The number of pyridine rings is 2. The monoisotopic (exact) mass is 410 g/mol. The van der Waals surface area contributed by atoms with E-state index in [1.165, 1.54) is 0 Å². The van der Waals surface area contributed by atoms with Crippen LogP contribution in [-0.2, 0) is 9.53 Å². The molecule has 1 amide bonds. The zero-order chi connectivity index (χ0) is 21.0. The molecule has 0 spiro atoms. The number of amides is 1. The summed E-state index contributed by atoms with van der Waals surface area (Å²) in [6.07, 6.45) is 4.49. The summed E-state index contributed by atoms with van der Waals surface area (Å²) < 4.78 is 5.92. The summed E-state index contributed by atoms with van der Waals surface area (Å²) in [5, 5.41) is 14.0. The summed E-state index contributed by atoms with van der Waals surface area (Å²) >= 11 is 0. The second-order valence-electron chi connectivity index (χ2n) is 8.40. The summed E-state index contributed by atoms with van der Waals surface area (Å²) in [7, 11) is 0. The minimum Gasteiger partial charge on any atom is -0.389 e. The average molecular weight is 411 g/mol. The zero-order valence-electron chi connectivity index (χ0n) is 17.5.